The Labute approximate surface area is 115 Å². The molecule has 106 valence electrons. The molecule has 1 aliphatic rings. The number of hydrogen-bond acceptors (Lipinski definition) is 5. The predicted molar refractivity (Wildman–Crippen MR) is 77.2 cm³/mol. The summed E-state index contributed by atoms with van der Waals surface area (Å²) in [6.45, 7) is 7.00. The molecule has 1 aliphatic heterocycles. The molecular formula is C14H24N4O. The number of nitrogens with two attached hydrogens (primary N) is 1. The molecule has 0 saturated carbocycles. The molecule has 0 aromatic carbocycles. The van der Waals surface area contributed by atoms with Crippen molar-refractivity contribution in [3.63, 3.8) is 0 Å². The minimum atomic E-state index is 0.306. The molecule has 0 amide bonds. The van der Waals surface area contributed by atoms with Gasteiger partial charge in [0.25, 0.3) is 0 Å². The molecule has 5 nitrogen and oxygen atoms in total. The summed E-state index contributed by atoms with van der Waals surface area (Å²) in [5.41, 5.74) is 6.91. The van der Waals surface area contributed by atoms with Crippen LogP contribution in [0, 0.1) is 6.92 Å². The van der Waals surface area contributed by atoms with Crippen LogP contribution < -0.4 is 11.1 Å². The van der Waals surface area contributed by atoms with Crippen LogP contribution in [-0.2, 0) is 11.2 Å². The Morgan fingerprint density at radius 2 is 2.21 bits per heavy atom. The van der Waals surface area contributed by atoms with Crippen LogP contribution in [-0.4, -0.2) is 28.7 Å². The van der Waals surface area contributed by atoms with Gasteiger partial charge in [0.1, 0.15) is 17.5 Å². The average Bonchev–Trinajstić information content (AvgIpc) is 2.36. The Balaban J connectivity index is 2.14. The van der Waals surface area contributed by atoms with E-state index in [1.165, 1.54) is 0 Å². The van der Waals surface area contributed by atoms with Crippen molar-refractivity contribution in [2.45, 2.75) is 58.6 Å². The minimum Gasteiger partial charge on any atom is -0.383 e. The second kappa shape index (κ2) is 6.19. The van der Waals surface area contributed by atoms with Gasteiger partial charge in [-0.2, -0.15) is 0 Å². The molecule has 0 bridgehead atoms. The molecule has 1 aromatic rings. The van der Waals surface area contributed by atoms with Gasteiger partial charge in [0.15, 0.2) is 0 Å². The fourth-order valence-electron chi connectivity index (χ4n) is 2.38. The van der Waals surface area contributed by atoms with Crippen LogP contribution in [0.15, 0.2) is 0 Å². The van der Waals surface area contributed by atoms with E-state index in [0.717, 1.165) is 49.5 Å². The molecule has 19 heavy (non-hydrogen) atoms. The third-order valence-corrected chi connectivity index (χ3v) is 3.53. The van der Waals surface area contributed by atoms with Crippen molar-refractivity contribution < 1.29 is 4.74 Å². The van der Waals surface area contributed by atoms with Crippen molar-refractivity contribution in [1.82, 2.24) is 9.97 Å². The number of hydrogen-bond donors (Lipinski definition) is 2. The lowest BCUT2D eigenvalue weighted by molar-refractivity contribution is 0.0231. The van der Waals surface area contributed by atoms with E-state index >= 15 is 0 Å². The standard InChI is InChI=1S/C14H24N4O/c1-4-5-12-17-13(15)10(3)14(18-12)16-11-6-7-19-9(2)8-11/h9,11H,4-8H2,1-3H3,(H3,15,16,17,18). The van der Waals surface area contributed by atoms with Crippen molar-refractivity contribution in [1.29, 1.82) is 0 Å². The van der Waals surface area contributed by atoms with Gasteiger partial charge in [0.05, 0.1) is 6.10 Å². The molecule has 2 heterocycles. The van der Waals surface area contributed by atoms with Crippen molar-refractivity contribution >= 4 is 11.6 Å². The maximum absolute atomic E-state index is 5.97. The van der Waals surface area contributed by atoms with E-state index < -0.39 is 0 Å². The van der Waals surface area contributed by atoms with Crippen molar-refractivity contribution in [2.75, 3.05) is 17.7 Å². The van der Waals surface area contributed by atoms with Crippen LogP contribution in [0.5, 0.6) is 0 Å². The molecule has 0 radical (unpaired) electrons. The first-order valence-electron chi connectivity index (χ1n) is 7.11. The highest BCUT2D eigenvalue weighted by molar-refractivity contribution is 5.55. The molecule has 2 atom stereocenters. The van der Waals surface area contributed by atoms with Crippen molar-refractivity contribution in [3.05, 3.63) is 11.4 Å². The SMILES string of the molecule is CCCc1nc(N)c(C)c(NC2CCOC(C)C2)n1. The Hall–Kier alpha value is -1.36. The van der Waals surface area contributed by atoms with Crippen molar-refractivity contribution in [2.24, 2.45) is 0 Å². The third-order valence-electron chi connectivity index (χ3n) is 3.53. The Bertz CT molecular complexity index is 436. The fraction of sp³-hybridized carbons (Fsp3) is 0.714. The van der Waals surface area contributed by atoms with E-state index in [9.17, 15) is 0 Å². The molecule has 0 spiro atoms. The summed E-state index contributed by atoms with van der Waals surface area (Å²) >= 11 is 0. The quantitative estimate of drug-likeness (QED) is 0.873. The summed E-state index contributed by atoms with van der Waals surface area (Å²) in [5.74, 6) is 2.30. The molecular weight excluding hydrogens is 240 g/mol. The van der Waals surface area contributed by atoms with E-state index in [1.807, 2.05) is 6.92 Å². The van der Waals surface area contributed by atoms with E-state index in [4.69, 9.17) is 10.5 Å². The van der Waals surface area contributed by atoms with Crippen LogP contribution in [0.25, 0.3) is 0 Å². The molecule has 5 heteroatoms. The number of anilines is 2. The highest BCUT2D eigenvalue weighted by atomic mass is 16.5. The lowest BCUT2D eigenvalue weighted by Crippen LogP contribution is -2.33. The van der Waals surface area contributed by atoms with Gasteiger partial charge in [-0.25, -0.2) is 9.97 Å². The van der Waals surface area contributed by atoms with Crippen LogP contribution in [0.2, 0.25) is 0 Å². The van der Waals surface area contributed by atoms with E-state index in [0.29, 0.717) is 18.0 Å². The number of ether oxygens (including phenoxy) is 1. The molecule has 2 rings (SSSR count). The van der Waals surface area contributed by atoms with Gasteiger partial charge in [-0.15, -0.1) is 0 Å². The zero-order valence-corrected chi connectivity index (χ0v) is 12.1. The predicted octanol–water partition coefficient (Wildman–Crippen LogP) is 2.30. The topological polar surface area (TPSA) is 73.1 Å². The zero-order chi connectivity index (χ0) is 13.8. The lowest BCUT2D eigenvalue weighted by Gasteiger charge is -2.29. The normalized spacial score (nSPS) is 23.3. The number of aryl methyl sites for hydroxylation is 1. The minimum absolute atomic E-state index is 0.306. The first-order valence-corrected chi connectivity index (χ1v) is 7.11. The van der Waals surface area contributed by atoms with Gasteiger partial charge in [0, 0.05) is 24.6 Å². The highest BCUT2D eigenvalue weighted by Gasteiger charge is 2.20. The lowest BCUT2D eigenvalue weighted by atomic mass is 10.0. The first kappa shape index (κ1) is 14.1. The largest absolute Gasteiger partial charge is 0.383 e. The van der Waals surface area contributed by atoms with Crippen LogP contribution in [0.1, 0.15) is 44.5 Å². The van der Waals surface area contributed by atoms with Gasteiger partial charge in [-0.05, 0) is 33.1 Å². The number of nitrogens with zero attached hydrogens (tertiary/aromatic N) is 2. The van der Waals surface area contributed by atoms with Gasteiger partial charge >= 0.3 is 0 Å². The summed E-state index contributed by atoms with van der Waals surface area (Å²) in [5, 5.41) is 3.51. The van der Waals surface area contributed by atoms with Crippen LogP contribution in [0.3, 0.4) is 0 Å². The summed E-state index contributed by atoms with van der Waals surface area (Å²) in [7, 11) is 0. The molecule has 0 aliphatic carbocycles. The monoisotopic (exact) mass is 264 g/mol. The summed E-state index contributed by atoms with van der Waals surface area (Å²) in [6, 6.07) is 0.409. The molecule has 1 fully saturated rings. The maximum atomic E-state index is 5.97. The van der Waals surface area contributed by atoms with Gasteiger partial charge in [0.2, 0.25) is 0 Å². The number of nitrogen functional groups attached to an aromatic ring is 1. The van der Waals surface area contributed by atoms with E-state index in [-0.39, 0.29) is 0 Å². The smallest absolute Gasteiger partial charge is 0.134 e. The Morgan fingerprint density at radius 3 is 2.89 bits per heavy atom. The molecule has 1 aromatic heterocycles. The van der Waals surface area contributed by atoms with Gasteiger partial charge < -0.3 is 15.8 Å². The number of nitrogens with one attached hydrogen (secondary N) is 1. The van der Waals surface area contributed by atoms with E-state index in [2.05, 4.69) is 29.1 Å². The van der Waals surface area contributed by atoms with Crippen LogP contribution >= 0.6 is 0 Å². The zero-order valence-electron chi connectivity index (χ0n) is 12.1. The molecule has 2 unspecified atom stereocenters. The number of rotatable bonds is 4. The van der Waals surface area contributed by atoms with Gasteiger partial charge in [-0.3, -0.25) is 0 Å². The first-order chi connectivity index (χ1) is 9.10. The average molecular weight is 264 g/mol. The Kier molecular flexibility index (Phi) is 4.58. The summed E-state index contributed by atoms with van der Waals surface area (Å²) < 4.78 is 5.56. The van der Waals surface area contributed by atoms with Crippen molar-refractivity contribution in [3.8, 4) is 0 Å². The molecule has 3 N–H and O–H groups in total. The second-order valence-electron chi connectivity index (χ2n) is 5.30. The molecule has 1 saturated heterocycles. The summed E-state index contributed by atoms with van der Waals surface area (Å²) in [4.78, 5) is 8.93. The van der Waals surface area contributed by atoms with Crippen LogP contribution in [0.4, 0.5) is 11.6 Å². The Morgan fingerprint density at radius 1 is 1.42 bits per heavy atom. The van der Waals surface area contributed by atoms with E-state index in [1.54, 1.807) is 0 Å². The maximum Gasteiger partial charge on any atom is 0.134 e. The summed E-state index contributed by atoms with van der Waals surface area (Å²) in [6.07, 6.45) is 4.21. The fourth-order valence-corrected chi connectivity index (χ4v) is 2.38. The highest BCUT2D eigenvalue weighted by Crippen LogP contribution is 2.22. The van der Waals surface area contributed by atoms with Gasteiger partial charge in [-0.1, -0.05) is 6.92 Å². The second-order valence-corrected chi connectivity index (χ2v) is 5.30. The third kappa shape index (κ3) is 3.56. The number of aromatic nitrogens is 2.